The zero-order valence-electron chi connectivity index (χ0n) is 5.93. The van der Waals surface area contributed by atoms with E-state index in [9.17, 15) is 0 Å². The van der Waals surface area contributed by atoms with Crippen LogP contribution in [0.2, 0.25) is 0 Å². The molecule has 0 aromatic heterocycles. The third-order valence-electron chi connectivity index (χ3n) is 1.41. The first-order valence-electron chi connectivity index (χ1n) is 3.59. The lowest BCUT2D eigenvalue weighted by molar-refractivity contribution is -0.0196. The summed E-state index contributed by atoms with van der Waals surface area (Å²) in [7, 11) is 0. The monoisotopic (exact) mass is 146 g/mol. The lowest BCUT2D eigenvalue weighted by Gasteiger charge is -2.25. The van der Waals surface area contributed by atoms with Gasteiger partial charge in [-0.2, -0.15) is 11.8 Å². The van der Waals surface area contributed by atoms with Crippen molar-refractivity contribution in [2.24, 2.45) is 5.92 Å². The van der Waals surface area contributed by atoms with Gasteiger partial charge in [-0.1, -0.05) is 6.92 Å². The van der Waals surface area contributed by atoms with Crippen LogP contribution in [0.15, 0.2) is 0 Å². The average Bonchev–Trinajstić information content (AvgIpc) is 1.76. The van der Waals surface area contributed by atoms with Crippen LogP contribution in [0.3, 0.4) is 0 Å². The molecule has 0 bridgehead atoms. The lowest BCUT2D eigenvalue weighted by atomic mass is 10.1. The second kappa shape index (κ2) is 4.18. The van der Waals surface area contributed by atoms with Gasteiger partial charge in [-0.15, -0.1) is 0 Å². The molecule has 1 aliphatic heterocycles. The van der Waals surface area contributed by atoms with Crippen molar-refractivity contribution in [3.63, 3.8) is 0 Å². The summed E-state index contributed by atoms with van der Waals surface area (Å²) in [4.78, 5) is 0. The summed E-state index contributed by atoms with van der Waals surface area (Å²) in [5, 5.41) is 0. The molecular weight excluding hydrogens is 132 g/mol. The molecule has 1 rings (SSSR count). The molecule has 0 spiro atoms. The van der Waals surface area contributed by atoms with Gasteiger partial charge in [-0.3, -0.25) is 0 Å². The highest BCUT2D eigenvalue weighted by molar-refractivity contribution is 7.99. The van der Waals surface area contributed by atoms with Gasteiger partial charge in [0.1, 0.15) is 0 Å². The Bertz CT molecular complexity index is 71.3. The van der Waals surface area contributed by atoms with E-state index in [1.165, 1.54) is 17.9 Å². The van der Waals surface area contributed by atoms with Gasteiger partial charge in [-0.25, -0.2) is 0 Å². The van der Waals surface area contributed by atoms with Gasteiger partial charge in [0.15, 0.2) is 0 Å². The van der Waals surface area contributed by atoms with Gasteiger partial charge >= 0.3 is 0 Å². The fourth-order valence-electron chi connectivity index (χ4n) is 0.775. The molecule has 2 heteroatoms. The van der Waals surface area contributed by atoms with Gasteiger partial charge in [0.05, 0.1) is 13.2 Å². The molecule has 1 heterocycles. The van der Waals surface area contributed by atoms with Crippen molar-refractivity contribution in [2.45, 2.75) is 13.3 Å². The molecule has 0 N–H and O–H groups in total. The Morgan fingerprint density at radius 1 is 1.56 bits per heavy atom. The number of thioether (sulfide) groups is 1. The van der Waals surface area contributed by atoms with Crippen molar-refractivity contribution in [2.75, 3.05) is 24.7 Å². The molecular formula is C7H14OS. The summed E-state index contributed by atoms with van der Waals surface area (Å²) in [5.74, 6) is 3.51. The minimum Gasteiger partial charge on any atom is -0.381 e. The molecule has 0 aromatic carbocycles. The molecule has 0 atom stereocenters. The van der Waals surface area contributed by atoms with Crippen molar-refractivity contribution < 1.29 is 4.74 Å². The summed E-state index contributed by atoms with van der Waals surface area (Å²) in [5.41, 5.74) is 0. The number of hydrogen-bond donors (Lipinski definition) is 0. The predicted octanol–water partition coefficient (Wildman–Crippen LogP) is 1.78. The molecule has 0 amide bonds. The summed E-state index contributed by atoms with van der Waals surface area (Å²) >= 11 is 2.06. The Hall–Kier alpha value is 0.310. The molecule has 54 valence electrons. The van der Waals surface area contributed by atoms with Crippen LogP contribution in [0.25, 0.3) is 0 Å². The first kappa shape index (κ1) is 7.42. The largest absolute Gasteiger partial charge is 0.381 e. The number of rotatable bonds is 4. The predicted molar refractivity (Wildman–Crippen MR) is 41.9 cm³/mol. The van der Waals surface area contributed by atoms with E-state index in [-0.39, 0.29) is 0 Å². The quantitative estimate of drug-likeness (QED) is 0.559. The zero-order valence-corrected chi connectivity index (χ0v) is 6.75. The van der Waals surface area contributed by atoms with Gasteiger partial charge in [0, 0.05) is 11.7 Å². The van der Waals surface area contributed by atoms with Crippen molar-refractivity contribution in [1.82, 2.24) is 0 Å². The Kier molecular flexibility index (Phi) is 3.44. The Labute approximate surface area is 61.2 Å². The van der Waals surface area contributed by atoms with E-state index >= 15 is 0 Å². The van der Waals surface area contributed by atoms with Crippen molar-refractivity contribution in [1.29, 1.82) is 0 Å². The summed E-state index contributed by atoms with van der Waals surface area (Å²) < 4.78 is 5.05. The summed E-state index contributed by atoms with van der Waals surface area (Å²) in [6.07, 6.45) is 1.30. The highest BCUT2D eigenvalue weighted by Gasteiger charge is 2.17. The third-order valence-corrected chi connectivity index (χ3v) is 2.81. The lowest BCUT2D eigenvalue weighted by Crippen LogP contribution is -2.29. The molecule has 0 aromatic rings. The van der Waals surface area contributed by atoms with Crippen LogP contribution in [0.1, 0.15) is 13.3 Å². The average molecular weight is 146 g/mol. The van der Waals surface area contributed by atoms with E-state index in [1.807, 2.05) is 0 Å². The first-order valence-corrected chi connectivity index (χ1v) is 4.74. The van der Waals surface area contributed by atoms with Crippen molar-refractivity contribution in [3.8, 4) is 0 Å². The fourth-order valence-corrected chi connectivity index (χ4v) is 1.76. The van der Waals surface area contributed by atoms with E-state index in [4.69, 9.17) is 4.74 Å². The van der Waals surface area contributed by atoms with Crippen LogP contribution in [0, 0.1) is 5.92 Å². The Morgan fingerprint density at radius 3 is 2.78 bits per heavy atom. The second-order valence-electron chi connectivity index (χ2n) is 2.48. The molecule has 1 aliphatic rings. The molecule has 0 aliphatic carbocycles. The van der Waals surface area contributed by atoms with Crippen LogP contribution < -0.4 is 0 Å². The highest BCUT2D eigenvalue weighted by Crippen LogP contribution is 2.16. The topological polar surface area (TPSA) is 9.23 Å². The highest BCUT2D eigenvalue weighted by atomic mass is 32.2. The second-order valence-corrected chi connectivity index (χ2v) is 3.63. The summed E-state index contributed by atoms with van der Waals surface area (Å²) in [6, 6.07) is 0. The molecule has 1 saturated heterocycles. The van der Waals surface area contributed by atoms with Gasteiger partial charge < -0.3 is 4.74 Å². The Morgan fingerprint density at radius 2 is 2.33 bits per heavy atom. The van der Waals surface area contributed by atoms with Gasteiger partial charge in [-0.05, 0) is 12.2 Å². The standard InChI is InChI=1S/C7H14OS/c1-2-3-9-6-7-4-8-5-7/h7H,2-6H2,1H3. The van der Waals surface area contributed by atoms with Crippen LogP contribution in [-0.2, 0) is 4.74 Å². The fraction of sp³-hybridized carbons (Fsp3) is 1.00. The van der Waals surface area contributed by atoms with E-state index in [2.05, 4.69) is 18.7 Å². The normalized spacial score (nSPS) is 19.7. The Balaban J connectivity index is 1.80. The van der Waals surface area contributed by atoms with Crippen LogP contribution in [0.4, 0.5) is 0 Å². The zero-order chi connectivity index (χ0) is 6.53. The maximum absolute atomic E-state index is 5.05. The smallest absolute Gasteiger partial charge is 0.0524 e. The van der Waals surface area contributed by atoms with Crippen LogP contribution in [0.5, 0.6) is 0 Å². The molecule has 0 unspecified atom stereocenters. The van der Waals surface area contributed by atoms with Crippen LogP contribution >= 0.6 is 11.8 Å². The minimum atomic E-state index is 0.876. The van der Waals surface area contributed by atoms with E-state index in [0.717, 1.165) is 19.1 Å². The van der Waals surface area contributed by atoms with Crippen molar-refractivity contribution in [3.05, 3.63) is 0 Å². The minimum absolute atomic E-state index is 0.876. The molecule has 9 heavy (non-hydrogen) atoms. The van der Waals surface area contributed by atoms with E-state index in [1.54, 1.807) is 0 Å². The SMILES string of the molecule is CCCSCC1COC1. The molecule has 0 radical (unpaired) electrons. The number of ether oxygens (including phenoxy) is 1. The van der Waals surface area contributed by atoms with E-state index in [0.29, 0.717) is 0 Å². The van der Waals surface area contributed by atoms with E-state index < -0.39 is 0 Å². The van der Waals surface area contributed by atoms with Gasteiger partial charge in [0.25, 0.3) is 0 Å². The van der Waals surface area contributed by atoms with Crippen molar-refractivity contribution >= 4 is 11.8 Å². The van der Waals surface area contributed by atoms with Gasteiger partial charge in [0.2, 0.25) is 0 Å². The number of hydrogen-bond acceptors (Lipinski definition) is 2. The molecule has 1 fully saturated rings. The first-order chi connectivity index (χ1) is 4.43. The van der Waals surface area contributed by atoms with Crippen LogP contribution in [-0.4, -0.2) is 24.7 Å². The summed E-state index contributed by atoms with van der Waals surface area (Å²) in [6.45, 7) is 4.25. The maximum Gasteiger partial charge on any atom is 0.0524 e. The maximum atomic E-state index is 5.05. The molecule has 0 saturated carbocycles. The third kappa shape index (κ3) is 2.59. The molecule has 1 nitrogen and oxygen atoms in total.